The Bertz CT molecular complexity index is 1100. The number of nitrogens with one attached hydrogen (secondary N) is 1. The topological polar surface area (TPSA) is 58.6 Å². The third kappa shape index (κ3) is 7.99. The summed E-state index contributed by atoms with van der Waals surface area (Å²) >= 11 is 0. The minimum absolute atomic E-state index is 0.141. The smallest absolute Gasteiger partial charge is 0.261 e. The molecule has 0 heterocycles. The van der Waals surface area contributed by atoms with E-state index in [1.165, 1.54) is 5.56 Å². The van der Waals surface area contributed by atoms with Crippen molar-refractivity contribution in [2.45, 2.75) is 46.7 Å². The Hall–Kier alpha value is -3.60. The van der Waals surface area contributed by atoms with Crippen LogP contribution in [0.25, 0.3) is 0 Å². The van der Waals surface area contributed by atoms with Crippen LogP contribution >= 0.6 is 0 Å². The third-order valence-electron chi connectivity index (χ3n) is 5.99. The van der Waals surface area contributed by atoms with Crippen LogP contribution in [0, 0.1) is 19.8 Å². The molecule has 5 nitrogen and oxygen atoms in total. The first kappa shape index (κ1) is 26.0. The van der Waals surface area contributed by atoms with Gasteiger partial charge in [0.05, 0.1) is 0 Å². The van der Waals surface area contributed by atoms with Crippen LogP contribution in [0.5, 0.6) is 5.75 Å². The van der Waals surface area contributed by atoms with Gasteiger partial charge in [-0.1, -0.05) is 80.6 Å². The van der Waals surface area contributed by atoms with E-state index in [1.807, 2.05) is 92.7 Å². The highest BCUT2D eigenvalue weighted by atomic mass is 16.5. The highest BCUT2D eigenvalue weighted by molar-refractivity contribution is 5.88. The SMILES string of the molecule is Cc1ccc(OCC(=O)N(Cc2ccccc2)[C@H](Cc2ccccc2)C(=O)NCC(C)C)cc1C. The van der Waals surface area contributed by atoms with E-state index in [9.17, 15) is 9.59 Å². The van der Waals surface area contributed by atoms with Gasteiger partial charge in [0.25, 0.3) is 5.91 Å². The van der Waals surface area contributed by atoms with E-state index >= 15 is 0 Å². The number of carbonyl (C=O) groups excluding carboxylic acids is 2. The number of amides is 2. The number of carbonyl (C=O) groups is 2. The van der Waals surface area contributed by atoms with Crippen molar-refractivity contribution in [3.8, 4) is 5.75 Å². The lowest BCUT2D eigenvalue weighted by atomic mass is 10.0. The van der Waals surface area contributed by atoms with Crippen LogP contribution in [0.2, 0.25) is 0 Å². The maximum atomic E-state index is 13.6. The molecule has 184 valence electrons. The van der Waals surface area contributed by atoms with E-state index < -0.39 is 6.04 Å². The van der Waals surface area contributed by atoms with Gasteiger partial charge in [-0.05, 0) is 54.2 Å². The highest BCUT2D eigenvalue weighted by Gasteiger charge is 2.30. The van der Waals surface area contributed by atoms with Gasteiger partial charge in [-0.25, -0.2) is 0 Å². The fourth-order valence-corrected chi connectivity index (χ4v) is 3.79. The Kier molecular flexibility index (Phi) is 9.47. The molecule has 0 aromatic heterocycles. The summed E-state index contributed by atoms with van der Waals surface area (Å²) in [6.07, 6.45) is 0.424. The first-order valence-corrected chi connectivity index (χ1v) is 12.2. The summed E-state index contributed by atoms with van der Waals surface area (Å²) < 4.78 is 5.88. The van der Waals surface area contributed by atoms with Gasteiger partial charge >= 0.3 is 0 Å². The molecule has 0 saturated carbocycles. The molecular weight excluding hydrogens is 436 g/mol. The van der Waals surface area contributed by atoms with Gasteiger partial charge in [-0.3, -0.25) is 9.59 Å². The zero-order valence-electron chi connectivity index (χ0n) is 21.2. The van der Waals surface area contributed by atoms with Crippen molar-refractivity contribution in [3.63, 3.8) is 0 Å². The third-order valence-corrected chi connectivity index (χ3v) is 5.99. The quantitative estimate of drug-likeness (QED) is 0.423. The van der Waals surface area contributed by atoms with E-state index in [-0.39, 0.29) is 18.4 Å². The van der Waals surface area contributed by atoms with Crippen molar-refractivity contribution in [2.24, 2.45) is 5.92 Å². The van der Waals surface area contributed by atoms with E-state index in [4.69, 9.17) is 4.74 Å². The summed E-state index contributed by atoms with van der Waals surface area (Å²) in [5, 5.41) is 3.04. The Labute approximate surface area is 209 Å². The summed E-state index contributed by atoms with van der Waals surface area (Å²) in [5.41, 5.74) is 4.23. The summed E-state index contributed by atoms with van der Waals surface area (Å²) in [4.78, 5) is 28.6. The fourth-order valence-electron chi connectivity index (χ4n) is 3.79. The number of aryl methyl sites for hydroxylation is 2. The predicted molar refractivity (Wildman–Crippen MR) is 140 cm³/mol. The average Bonchev–Trinajstić information content (AvgIpc) is 2.86. The molecule has 0 fully saturated rings. The Morgan fingerprint density at radius 3 is 2.09 bits per heavy atom. The Morgan fingerprint density at radius 2 is 1.49 bits per heavy atom. The molecule has 2 amide bonds. The molecule has 3 aromatic rings. The number of hydrogen-bond donors (Lipinski definition) is 1. The lowest BCUT2D eigenvalue weighted by Gasteiger charge is -2.31. The first-order valence-electron chi connectivity index (χ1n) is 12.2. The summed E-state index contributed by atoms with van der Waals surface area (Å²) in [6, 6.07) is 24.7. The lowest BCUT2D eigenvalue weighted by Crippen LogP contribution is -2.52. The fraction of sp³-hybridized carbons (Fsp3) is 0.333. The van der Waals surface area contributed by atoms with Crippen LogP contribution in [0.4, 0.5) is 0 Å². The molecule has 1 atom stereocenters. The summed E-state index contributed by atoms with van der Waals surface area (Å²) in [5.74, 6) is 0.568. The standard InChI is InChI=1S/C30H36N2O3/c1-22(2)19-31-30(34)28(18-25-11-7-5-8-12-25)32(20-26-13-9-6-10-14-26)29(33)21-35-27-16-15-23(3)24(4)17-27/h5-17,22,28H,18-21H2,1-4H3,(H,31,34)/t28-/m1/s1. The van der Waals surface area contributed by atoms with Gasteiger partial charge in [0.2, 0.25) is 5.91 Å². The van der Waals surface area contributed by atoms with Crippen molar-refractivity contribution in [1.29, 1.82) is 0 Å². The van der Waals surface area contributed by atoms with Gasteiger partial charge in [0.1, 0.15) is 11.8 Å². The van der Waals surface area contributed by atoms with Gasteiger partial charge in [-0.2, -0.15) is 0 Å². The molecule has 0 radical (unpaired) electrons. The number of hydrogen-bond acceptors (Lipinski definition) is 3. The average molecular weight is 473 g/mol. The molecule has 0 aliphatic carbocycles. The van der Waals surface area contributed by atoms with Crippen molar-refractivity contribution >= 4 is 11.8 Å². The van der Waals surface area contributed by atoms with Crippen molar-refractivity contribution in [2.75, 3.05) is 13.2 Å². The second kappa shape index (κ2) is 12.7. The molecule has 0 unspecified atom stereocenters. The molecule has 0 bridgehead atoms. The van der Waals surface area contributed by atoms with Crippen LogP contribution in [-0.2, 0) is 22.6 Å². The van der Waals surface area contributed by atoms with Crippen molar-refractivity contribution < 1.29 is 14.3 Å². The van der Waals surface area contributed by atoms with Crippen LogP contribution in [-0.4, -0.2) is 35.9 Å². The Morgan fingerprint density at radius 1 is 0.857 bits per heavy atom. The van der Waals surface area contributed by atoms with Crippen molar-refractivity contribution in [3.05, 3.63) is 101 Å². The minimum atomic E-state index is -0.660. The minimum Gasteiger partial charge on any atom is -0.484 e. The first-order chi connectivity index (χ1) is 16.8. The number of nitrogens with zero attached hydrogens (tertiary/aromatic N) is 1. The maximum absolute atomic E-state index is 13.6. The zero-order chi connectivity index (χ0) is 25.2. The number of rotatable bonds is 11. The van der Waals surface area contributed by atoms with Gasteiger partial charge < -0.3 is 15.0 Å². The van der Waals surface area contributed by atoms with Crippen LogP contribution in [0.3, 0.4) is 0 Å². The second-order valence-corrected chi connectivity index (χ2v) is 9.39. The van der Waals surface area contributed by atoms with Crippen molar-refractivity contribution in [1.82, 2.24) is 10.2 Å². The maximum Gasteiger partial charge on any atom is 0.261 e. The molecule has 1 N–H and O–H groups in total. The second-order valence-electron chi connectivity index (χ2n) is 9.39. The van der Waals surface area contributed by atoms with Crippen LogP contribution in [0.1, 0.15) is 36.1 Å². The molecule has 5 heteroatoms. The molecule has 35 heavy (non-hydrogen) atoms. The van der Waals surface area contributed by atoms with Crippen LogP contribution < -0.4 is 10.1 Å². The molecule has 0 saturated heterocycles. The molecule has 0 spiro atoms. The largest absolute Gasteiger partial charge is 0.484 e. The summed E-state index contributed by atoms with van der Waals surface area (Å²) in [7, 11) is 0. The number of ether oxygens (including phenoxy) is 1. The molecule has 3 rings (SSSR count). The Balaban J connectivity index is 1.87. The predicted octanol–water partition coefficient (Wildman–Crippen LogP) is 5.09. The lowest BCUT2D eigenvalue weighted by molar-refractivity contribution is -0.142. The van der Waals surface area contributed by atoms with Gasteiger partial charge in [-0.15, -0.1) is 0 Å². The van der Waals surface area contributed by atoms with E-state index in [0.717, 1.165) is 16.7 Å². The van der Waals surface area contributed by atoms with Gasteiger partial charge in [0, 0.05) is 19.5 Å². The molecule has 0 aliphatic heterocycles. The van der Waals surface area contributed by atoms with E-state index in [1.54, 1.807) is 4.90 Å². The van der Waals surface area contributed by atoms with E-state index in [0.29, 0.717) is 31.2 Å². The van der Waals surface area contributed by atoms with E-state index in [2.05, 4.69) is 19.2 Å². The van der Waals surface area contributed by atoms with Gasteiger partial charge in [0.15, 0.2) is 6.61 Å². The normalized spacial score (nSPS) is 11.7. The zero-order valence-corrected chi connectivity index (χ0v) is 21.2. The molecule has 3 aromatic carbocycles. The van der Waals surface area contributed by atoms with Crippen LogP contribution in [0.15, 0.2) is 78.9 Å². The molecular formula is C30H36N2O3. The summed E-state index contributed by atoms with van der Waals surface area (Å²) in [6.45, 7) is 8.89. The monoisotopic (exact) mass is 472 g/mol. The molecule has 0 aliphatic rings. The highest BCUT2D eigenvalue weighted by Crippen LogP contribution is 2.18. The number of benzene rings is 3.